The second kappa shape index (κ2) is 5.87. The highest BCUT2D eigenvalue weighted by molar-refractivity contribution is 5.52. The van der Waals surface area contributed by atoms with E-state index in [1.54, 1.807) is 7.11 Å². The highest BCUT2D eigenvalue weighted by Crippen LogP contribution is 2.28. The standard InChI is InChI=1S/C17H19NO2/c1-19-17-9-5-6-15(10-17)18-11-14(12-18)13-20-16-7-3-2-4-8-16/h2-10,14H,11-13H2,1H3. The van der Waals surface area contributed by atoms with Crippen molar-refractivity contribution in [2.45, 2.75) is 0 Å². The van der Waals surface area contributed by atoms with Crippen molar-refractivity contribution >= 4 is 5.69 Å². The van der Waals surface area contributed by atoms with Crippen molar-refractivity contribution in [1.29, 1.82) is 0 Å². The SMILES string of the molecule is COc1cccc(N2CC(COc3ccccc3)C2)c1. The third-order valence-electron chi connectivity index (χ3n) is 3.60. The van der Waals surface area contributed by atoms with E-state index in [0.29, 0.717) is 5.92 Å². The minimum Gasteiger partial charge on any atom is -0.497 e. The van der Waals surface area contributed by atoms with Crippen molar-refractivity contribution in [3.05, 3.63) is 54.6 Å². The molecular weight excluding hydrogens is 250 g/mol. The first-order chi connectivity index (χ1) is 9.85. The lowest BCUT2D eigenvalue weighted by molar-refractivity contribution is 0.220. The number of para-hydroxylation sites is 1. The van der Waals surface area contributed by atoms with E-state index in [4.69, 9.17) is 9.47 Å². The summed E-state index contributed by atoms with van der Waals surface area (Å²) in [5.41, 5.74) is 1.22. The predicted molar refractivity (Wildman–Crippen MR) is 80.6 cm³/mol. The van der Waals surface area contributed by atoms with E-state index in [2.05, 4.69) is 17.0 Å². The van der Waals surface area contributed by atoms with Crippen LogP contribution < -0.4 is 14.4 Å². The predicted octanol–water partition coefficient (Wildman–Crippen LogP) is 3.21. The van der Waals surface area contributed by atoms with Crippen molar-refractivity contribution in [3.8, 4) is 11.5 Å². The molecule has 2 aromatic rings. The van der Waals surface area contributed by atoms with Crippen LogP contribution in [0.4, 0.5) is 5.69 Å². The molecule has 104 valence electrons. The van der Waals surface area contributed by atoms with Crippen molar-refractivity contribution in [1.82, 2.24) is 0 Å². The van der Waals surface area contributed by atoms with E-state index in [9.17, 15) is 0 Å². The lowest BCUT2D eigenvalue weighted by atomic mass is 10.0. The molecule has 1 aliphatic heterocycles. The van der Waals surface area contributed by atoms with E-state index >= 15 is 0 Å². The summed E-state index contributed by atoms with van der Waals surface area (Å²) >= 11 is 0. The van der Waals surface area contributed by atoms with Gasteiger partial charge in [-0.2, -0.15) is 0 Å². The molecule has 3 heteroatoms. The number of hydrogen-bond acceptors (Lipinski definition) is 3. The number of anilines is 1. The summed E-state index contributed by atoms with van der Waals surface area (Å²) in [6, 6.07) is 18.2. The van der Waals surface area contributed by atoms with E-state index in [0.717, 1.165) is 31.2 Å². The van der Waals surface area contributed by atoms with Gasteiger partial charge in [-0.15, -0.1) is 0 Å². The lowest BCUT2D eigenvalue weighted by Crippen LogP contribution is -2.49. The molecular formula is C17H19NO2. The van der Waals surface area contributed by atoms with Crippen LogP contribution >= 0.6 is 0 Å². The molecule has 1 aliphatic rings. The van der Waals surface area contributed by atoms with Crippen molar-refractivity contribution in [3.63, 3.8) is 0 Å². The minimum atomic E-state index is 0.599. The van der Waals surface area contributed by atoms with Crippen LogP contribution in [0.5, 0.6) is 11.5 Å². The third kappa shape index (κ3) is 2.87. The van der Waals surface area contributed by atoms with Crippen LogP contribution in [-0.2, 0) is 0 Å². The Morgan fingerprint density at radius 1 is 1.00 bits per heavy atom. The Kier molecular flexibility index (Phi) is 3.77. The number of rotatable bonds is 5. The van der Waals surface area contributed by atoms with Gasteiger partial charge in [0.15, 0.2) is 0 Å². The van der Waals surface area contributed by atoms with Gasteiger partial charge in [-0.05, 0) is 24.3 Å². The maximum Gasteiger partial charge on any atom is 0.120 e. The van der Waals surface area contributed by atoms with Crippen LogP contribution in [0.3, 0.4) is 0 Å². The quantitative estimate of drug-likeness (QED) is 0.832. The van der Waals surface area contributed by atoms with Gasteiger partial charge < -0.3 is 14.4 Å². The number of methoxy groups -OCH3 is 1. The molecule has 0 bridgehead atoms. The van der Waals surface area contributed by atoms with Crippen LogP contribution in [-0.4, -0.2) is 26.8 Å². The third-order valence-corrected chi connectivity index (χ3v) is 3.60. The van der Waals surface area contributed by atoms with Gasteiger partial charge in [0.05, 0.1) is 13.7 Å². The van der Waals surface area contributed by atoms with E-state index in [1.807, 2.05) is 42.5 Å². The molecule has 3 nitrogen and oxygen atoms in total. The Hall–Kier alpha value is -2.16. The molecule has 0 aromatic heterocycles. The molecule has 1 fully saturated rings. The van der Waals surface area contributed by atoms with Gasteiger partial charge >= 0.3 is 0 Å². The first kappa shape index (κ1) is 12.9. The number of ether oxygens (including phenoxy) is 2. The van der Waals surface area contributed by atoms with Crippen molar-refractivity contribution in [2.75, 3.05) is 31.7 Å². The summed E-state index contributed by atoms with van der Waals surface area (Å²) in [6.07, 6.45) is 0. The van der Waals surface area contributed by atoms with Gasteiger partial charge in [0.2, 0.25) is 0 Å². The van der Waals surface area contributed by atoms with Gasteiger partial charge in [-0.25, -0.2) is 0 Å². The Morgan fingerprint density at radius 2 is 1.75 bits per heavy atom. The molecule has 0 atom stereocenters. The normalized spacial score (nSPS) is 14.8. The highest BCUT2D eigenvalue weighted by Gasteiger charge is 2.27. The zero-order valence-corrected chi connectivity index (χ0v) is 11.7. The van der Waals surface area contributed by atoms with E-state index in [-0.39, 0.29) is 0 Å². The van der Waals surface area contributed by atoms with Crippen LogP contribution in [0, 0.1) is 5.92 Å². The van der Waals surface area contributed by atoms with Gasteiger partial charge in [0.1, 0.15) is 11.5 Å². The maximum absolute atomic E-state index is 5.79. The minimum absolute atomic E-state index is 0.599. The zero-order chi connectivity index (χ0) is 13.8. The number of benzene rings is 2. The second-order valence-electron chi connectivity index (χ2n) is 5.10. The van der Waals surface area contributed by atoms with Crippen LogP contribution in [0.2, 0.25) is 0 Å². The van der Waals surface area contributed by atoms with Gasteiger partial charge in [-0.3, -0.25) is 0 Å². The molecule has 0 radical (unpaired) electrons. The van der Waals surface area contributed by atoms with Crippen molar-refractivity contribution in [2.24, 2.45) is 5.92 Å². The fourth-order valence-electron chi connectivity index (χ4n) is 2.42. The summed E-state index contributed by atoms with van der Waals surface area (Å²) in [7, 11) is 1.70. The van der Waals surface area contributed by atoms with Gasteiger partial charge in [-0.1, -0.05) is 24.3 Å². The number of hydrogen-bond donors (Lipinski definition) is 0. The highest BCUT2D eigenvalue weighted by atomic mass is 16.5. The first-order valence-electron chi connectivity index (χ1n) is 6.92. The average Bonchev–Trinajstić information content (AvgIpc) is 2.47. The fourth-order valence-corrected chi connectivity index (χ4v) is 2.42. The zero-order valence-electron chi connectivity index (χ0n) is 11.7. The van der Waals surface area contributed by atoms with E-state index < -0.39 is 0 Å². The molecule has 2 aromatic carbocycles. The first-order valence-corrected chi connectivity index (χ1v) is 6.92. The Labute approximate surface area is 119 Å². The fraction of sp³-hybridized carbons (Fsp3) is 0.294. The molecule has 0 N–H and O–H groups in total. The maximum atomic E-state index is 5.79. The molecule has 1 heterocycles. The molecule has 0 saturated carbocycles. The van der Waals surface area contributed by atoms with Crippen LogP contribution in [0.1, 0.15) is 0 Å². The smallest absolute Gasteiger partial charge is 0.120 e. The Bertz CT molecular complexity index is 550. The summed E-state index contributed by atoms with van der Waals surface area (Å²) in [6.45, 7) is 2.87. The number of nitrogens with zero attached hydrogens (tertiary/aromatic N) is 1. The average molecular weight is 269 g/mol. The van der Waals surface area contributed by atoms with Crippen LogP contribution in [0.25, 0.3) is 0 Å². The summed E-state index contributed by atoms with van der Waals surface area (Å²) in [5.74, 6) is 2.46. The van der Waals surface area contributed by atoms with Crippen LogP contribution in [0.15, 0.2) is 54.6 Å². The molecule has 0 spiro atoms. The second-order valence-corrected chi connectivity index (χ2v) is 5.10. The molecule has 0 amide bonds. The van der Waals surface area contributed by atoms with Gasteiger partial charge in [0.25, 0.3) is 0 Å². The Balaban J connectivity index is 1.49. The molecule has 0 aliphatic carbocycles. The molecule has 3 rings (SSSR count). The monoisotopic (exact) mass is 269 g/mol. The Morgan fingerprint density at radius 3 is 2.50 bits per heavy atom. The van der Waals surface area contributed by atoms with E-state index in [1.165, 1.54) is 5.69 Å². The van der Waals surface area contributed by atoms with Crippen molar-refractivity contribution < 1.29 is 9.47 Å². The topological polar surface area (TPSA) is 21.7 Å². The summed E-state index contributed by atoms with van der Waals surface area (Å²) in [4.78, 5) is 2.35. The molecule has 20 heavy (non-hydrogen) atoms. The summed E-state index contributed by atoms with van der Waals surface area (Å²) < 4.78 is 11.0. The molecule has 1 saturated heterocycles. The summed E-state index contributed by atoms with van der Waals surface area (Å²) in [5, 5.41) is 0. The largest absolute Gasteiger partial charge is 0.497 e. The van der Waals surface area contributed by atoms with Gasteiger partial charge in [0, 0.05) is 30.8 Å². The lowest BCUT2D eigenvalue weighted by Gasteiger charge is -2.40. The molecule has 0 unspecified atom stereocenters.